The van der Waals surface area contributed by atoms with E-state index in [2.05, 4.69) is 46.7 Å². The number of nitrogens with zero attached hydrogens (tertiary/aromatic N) is 2. The minimum absolute atomic E-state index is 0.232. The second-order valence-corrected chi connectivity index (χ2v) is 7.67. The van der Waals surface area contributed by atoms with Crippen LogP contribution in [0.25, 0.3) is 10.6 Å². The molecule has 2 atom stereocenters. The smallest absolute Gasteiger partial charge is 0.177 e. The maximum atomic E-state index is 5.50. The van der Waals surface area contributed by atoms with Crippen LogP contribution in [0.1, 0.15) is 19.5 Å². The molecular weight excluding hydrogens is 282 g/mol. The van der Waals surface area contributed by atoms with Crippen LogP contribution in [0.4, 0.5) is 0 Å². The number of fused-ring (bicyclic) bond motifs is 1. The lowest BCUT2D eigenvalue weighted by atomic mass is 9.85. The molecule has 0 saturated carbocycles. The number of hydrogen-bond acceptors (Lipinski definition) is 5. The molecule has 0 amide bonds. The van der Waals surface area contributed by atoms with Crippen LogP contribution < -0.4 is 5.32 Å². The van der Waals surface area contributed by atoms with E-state index in [0.717, 1.165) is 54.3 Å². The Hall–Kier alpha value is -1.17. The lowest BCUT2D eigenvalue weighted by Crippen LogP contribution is -2.43. The Balaban J connectivity index is 1.52. The molecule has 0 bridgehead atoms. The summed E-state index contributed by atoms with van der Waals surface area (Å²) < 4.78 is 5.50. The maximum Gasteiger partial charge on any atom is 0.177 e. The van der Waals surface area contributed by atoms with Crippen molar-refractivity contribution < 1.29 is 4.52 Å². The molecule has 2 unspecified atom stereocenters. The van der Waals surface area contributed by atoms with Crippen LogP contribution in [-0.4, -0.2) is 35.2 Å². The van der Waals surface area contributed by atoms with E-state index < -0.39 is 0 Å². The molecule has 4 rings (SSSR count). The van der Waals surface area contributed by atoms with Gasteiger partial charge in [0.2, 0.25) is 0 Å². The van der Waals surface area contributed by atoms with Crippen LogP contribution in [0, 0.1) is 11.8 Å². The Bertz CT molecular complexity index is 619. The van der Waals surface area contributed by atoms with E-state index in [9.17, 15) is 0 Å². The molecule has 112 valence electrons. The Labute approximate surface area is 129 Å². The summed E-state index contributed by atoms with van der Waals surface area (Å²) in [5.41, 5.74) is 1.27. The summed E-state index contributed by atoms with van der Waals surface area (Å²) in [6.45, 7) is 9.08. The molecule has 2 aromatic heterocycles. The van der Waals surface area contributed by atoms with Gasteiger partial charge in [-0.1, -0.05) is 11.2 Å². The van der Waals surface area contributed by atoms with Crippen molar-refractivity contribution in [2.24, 2.45) is 11.8 Å². The minimum atomic E-state index is 0.232. The number of thiophene rings is 1. The highest BCUT2D eigenvalue weighted by Gasteiger charge is 2.49. The van der Waals surface area contributed by atoms with E-state index in [4.69, 9.17) is 4.52 Å². The lowest BCUT2D eigenvalue weighted by Gasteiger charge is -2.35. The SMILES string of the molecule is CC1(C)C2CNCC2CN1Cc1cc(-c2cccs2)on1. The predicted molar refractivity (Wildman–Crippen MR) is 84.2 cm³/mol. The van der Waals surface area contributed by atoms with Gasteiger partial charge in [0.1, 0.15) is 0 Å². The van der Waals surface area contributed by atoms with Crippen molar-refractivity contribution >= 4 is 11.3 Å². The predicted octanol–water partition coefficient (Wildman–Crippen LogP) is 2.83. The summed E-state index contributed by atoms with van der Waals surface area (Å²) in [6, 6.07) is 6.21. The standard InChI is InChI=1S/C16H21N3OS/c1-16(2)13-8-17-7-11(13)9-19(16)10-12-6-14(20-18-12)15-4-3-5-21-15/h3-6,11,13,17H,7-10H2,1-2H3. The van der Waals surface area contributed by atoms with Gasteiger partial charge >= 0.3 is 0 Å². The summed E-state index contributed by atoms with van der Waals surface area (Å²) in [5.74, 6) is 2.42. The summed E-state index contributed by atoms with van der Waals surface area (Å²) in [6.07, 6.45) is 0. The van der Waals surface area contributed by atoms with Crippen molar-refractivity contribution in [3.05, 3.63) is 29.3 Å². The monoisotopic (exact) mass is 303 g/mol. The summed E-state index contributed by atoms with van der Waals surface area (Å²) in [5, 5.41) is 9.86. The summed E-state index contributed by atoms with van der Waals surface area (Å²) in [7, 11) is 0. The first-order chi connectivity index (χ1) is 10.1. The fraction of sp³-hybridized carbons (Fsp3) is 0.562. The second-order valence-electron chi connectivity index (χ2n) is 6.72. The van der Waals surface area contributed by atoms with E-state index in [1.807, 2.05) is 6.07 Å². The molecule has 2 aliphatic rings. The number of nitrogens with one attached hydrogen (secondary N) is 1. The molecule has 4 heterocycles. The van der Waals surface area contributed by atoms with Crippen molar-refractivity contribution in [1.29, 1.82) is 0 Å². The van der Waals surface area contributed by atoms with Gasteiger partial charge in [-0.3, -0.25) is 4.90 Å². The molecule has 5 heteroatoms. The van der Waals surface area contributed by atoms with Gasteiger partial charge in [0, 0.05) is 31.2 Å². The van der Waals surface area contributed by atoms with E-state index in [1.165, 1.54) is 0 Å². The zero-order valence-electron chi connectivity index (χ0n) is 12.5. The van der Waals surface area contributed by atoms with Crippen LogP contribution >= 0.6 is 11.3 Å². The molecule has 21 heavy (non-hydrogen) atoms. The zero-order chi connectivity index (χ0) is 14.4. The van der Waals surface area contributed by atoms with Gasteiger partial charge in [-0.15, -0.1) is 11.3 Å². The highest BCUT2D eigenvalue weighted by molar-refractivity contribution is 7.13. The Morgan fingerprint density at radius 2 is 2.38 bits per heavy atom. The number of aromatic nitrogens is 1. The lowest BCUT2D eigenvalue weighted by molar-refractivity contribution is 0.129. The van der Waals surface area contributed by atoms with Crippen LogP contribution in [-0.2, 0) is 6.54 Å². The first-order valence-electron chi connectivity index (χ1n) is 7.60. The van der Waals surface area contributed by atoms with Crippen LogP contribution in [0.2, 0.25) is 0 Å². The highest BCUT2D eigenvalue weighted by atomic mass is 32.1. The Kier molecular flexibility index (Phi) is 3.17. The first-order valence-corrected chi connectivity index (χ1v) is 8.48. The molecule has 2 aromatic rings. The average Bonchev–Trinajstić information content (AvgIpc) is 3.20. The zero-order valence-corrected chi connectivity index (χ0v) is 13.3. The van der Waals surface area contributed by atoms with Gasteiger partial charge in [-0.25, -0.2) is 0 Å². The molecule has 4 nitrogen and oxygen atoms in total. The van der Waals surface area contributed by atoms with Crippen molar-refractivity contribution in [2.75, 3.05) is 19.6 Å². The average molecular weight is 303 g/mol. The molecule has 2 aliphatic heterocycles. The fourth-order valence-corrected chi connectivity index (χ4v) is 4.56. The van der Waals surface area contributed by atoms with E-state index >= 15 is 0 Å². The molecule has 1 N–H and O–H groups in total. The van der Waals surface area contributed by atoms with Crippen molar-refractivity contribution in [2.45, 2.75) is 25.9 Å². The first kappa shape index (κ1) is 13.5. The van der Waals surface area contributed by atoms with Gasteiger partial charge in [-0.2, -0.15) is 0 Å². The topological polar surface area (TPSA) is 41.3 Å². The molecule has 0 radical (unpaired) electrons. The normalized spacial score (nSPS) is 28.1. The van der Waals surface area contributed by atoms with Gasteiger partial charge < -0.3 is 9.84 Å². The van der Waals surface area contributed by atoms with Crippen LogP contribution in [0.5, 0.6) is 0 Å². The van der Waals surface area contributed by atoms with Crippen LogP contribution in [0.3, 0.4) is 0 Å². The quantitative estimate of drug-likeness (QED) is 0.946. The Morgan fingerprint density at radius 3 is 3.14 bits per heavy atom. The minimum Gasteiger partial charge on any atom is -0.355 e. The van der Waals surface area contributed by atoms with Crippen molar-refractivity contribution in [1.82, 2.24) is 15.4 Å². The largest absolute Gasteiger partial charge is 0.355 e. The molecular formula is C16H21N3OS. The van der Waals surface area contributed by atoms with Crippen LogP contribution in [0.15, 0.2) is 28.1 Å². The van der Waals surface area contributed by atoms with Crippen molar-refractivity contribution in [3.63, 3.8) is 0 Å². The number of hydrogen-bond donors (Lipinski definition) is 1. The third-order valence-electron chi connectivity index (χ3n) is 5.19. The maximum absolute atomic E-state index is 5.50. The molecule has 0 aromatic carbocycles. The third-order valence-corrected chi connectivity index (χ3v) is 6.08. The highest BCUT2D eigenvalue weighted by Crippen LogP contribution is 2.41. The number of rotatable bonds is 3. The second kappa shape index (κ2) is 4.93. The van der Waals surface area contributed by atoms with Crippen molar-refractivity contribution in [3.8, 4) is 10.6 Å². The fourth-order valence-electron chi connectivity index (χ4n) is 3.89. The van der Waals surface area contributed by atoms with Gasteiger partial charge in [0.05, 0.1) is 10.6 Å². The van der Waals surface area contributed by atoms with Gasteiger partial charge in [0.15, 0.2) is 5.76 Å². The molecule has 2 saturated heterocycles. The van der Waals surface area contributed by atoms with E-state index in [0.29, 0.717) is 0 Å². The van der Waals surface area contributed by atoms with Gasteiger partial charge in [-0.05, 0) is 43.7 Å². The molecule has 2 fully saturated rings. The number of likely N-dealkylation sites (tertiary alicyclic amines) is 1. The van der Waals surface area contributed by atoms with E-state index in [-0.39, 0.29) is 5.54 Å². The summed E-state index contributed by atoms with van der Waals surface area (Å²) >= 11 is 1.69. The third kappa shape index (κ3) is 2.24. The Morgan fingerprint density at radius 1 is 1.48 bits per heavy atom. The molecule has 0 aliphatic carbocycles. The van der Waals surface area contributed by atoms with E-state index in [1.54, 1.807) is 11.3 Å². The molecule has 0 spiro atoms. The summed E-state index contributed by atoms with van der Waals surface area (Å²) in [4.78, 5) is 3.72. The van der Waals surface area contributed by atoms with Gasteiger partial charge in [0.25, 0.3) is 0 Å².